The third-order valence-electron chi connectivity index (χ3n) is 5.21. The summed E-state index contributed by atoms with van der Waals surface area (Å²) in [6, 6.07) is 9.93. The number of aliphatic imine (C=N–C) groups is 1. The number of alkyl halides is 3. The van der Waals surface area contributed by atoms with Crippen LogP contribution >= 0.6 is 23.2 Å². The van der Waals surface area contributed by atoms with Crippen LogP contribution in [0.5, 0.6) is 0 Å². The van der Waals surface area contributed by atoms with Gasteiger partial charge in [0, 0.05) is 40.6 Å². The van der Waals surface area contributed by atoms with Crippen molar-refractivity contribution in [3.05, 3.63) is 75.7 Å². The lowest BCUT2D eigenvalue weighted by Gasteiger charge is -2.23. The first-order valence-corrected chi connectivity index (χ1v) is 11.5. The molecule has 3 aromatic rings. The number of rotatable bonds is 4. The van der Waals surface area contributed by atoms with E-state index in [0.29, 0.717) is 31.1 Å². The quantitative estimate of drug-likeness (QED) is 0.232. The van der Waals surface area contributed by atoms with Gasteiger partial charge in [0.05, 0.1) is 6.04 Å². The molecule has 0 aliphatic carbocycles. The number of benzene rings is 2. The van der Waals surface area contributed by atoms with Crippen LogP contribution in [0.3, 0.4) is 0 Å². The summed E-state index contributed by atoms with van der Waals surface area (Å²) in [4.78, 5) is 17.1. The van der Waals surface area contributed by atoms with Crippen LogP contribution in [0.25, 0.3) is 0 Å². The summed E-state index contributed by atoms with van der Waals surface area (Å²) in [5.41, 5.74) is -0.858. The Morgan fingerprint density at radius 2 is 1.83 bits per heavy atom. The van der Waals surface area contributed by atoms with E-state index in [1.807, 2.05) is 0 Å². The molecule has 0 radical (unpaired) electrons. The number of amides is 1. The highest BCUT2D eigenvalue weighted by Gasteiger charge is 2.36. The first kappa shape index (κ1) is 25.9. The number of halogens is 6. The van der Waals surface area contributed by atoms with Crippen LogP contribution in [-0.4, -0.2) is 34.9 Å². The molecule has 1 fully saturated rings. The second kappa shape index (κ2) is 10.9. The van der Waals surface area contributed by atoms with E-state index in [2.05, 4.69) is 20.7 Å². The monoisotopic (exact) mass is 543 g/mol. The summed E-state index contributed by atoms with van der Waals surface area (Å²) >= 11 is 11.9. The van der Waals surface area contributed by atoms with E-state index < -0.39 is 29.6 Å². The molecule has 0 spiro atoms. The Kier molecular flexibility index (Phi) is 7.82. The van der Waals surface area contributed by atoms with Crippen molar-refractivity contribution in [3.8, 4) is 0 Å². The predicted octanol–water partition coefficient (Wildman–Crippen LogP) is 6.23. The minimum absolute atomic E-state index is 0.0598. The number of carbonyl (C=O) groups is 1. The molecule has 0 saturated carbocycles. The molecule has 13 heteroatoms. The molecular formula is C23H19Cl2F4N5O2. The molecule has 4 rings (SSSR count). The maximum absolute atomic E-state index is 13.9. The van der Waals surface area contributed by atoms with Crippen molar-refractivity contribution in [2.45, 2.75) is 25.1 Å². The molecule has 0 bridgehead atoms. The lowest BCUT2D eigenvalue weighted by molar-refractivity contribution is -0.141. The highest BCUT2D eigenvalue weighted by Crippen LogP contribution is 2.34. The molecule has 1 aliphatic heterocycles. The second-order valence-electron chi connectivity index (χ2n) is 7.88. The van der Waals surface area contributed by atoms with Crippen molar-refractivity contribution in [2.75, 3.05) is 18.5 Å². The Morgan fingerprint density at radius 1 is 1.08 bits per heavy atom. The number of aromatic nitrogens is 2. The van der Waals surface area contributed by atoms with Crippen LogP contribution < -0.4 is 10.6 Å². The highest BCUT2D eigenvalue weighted by atomic mass is 35.5. The van der Waals surface area contributed by atoms with Crippen LogP contribution in [0.2, 0.25) is 10.0 Å². The SMILES string of the molecule is O=C(NC(=Nc1cc(C(F)(F)F)nn1C1CCOCC1)Nc1cc(F)cc(Cl)c1)c1cccc(Cl)c1. The topological polar surface area (TPSA) is 80.5 Å². The Bertz CT molecular complexity index is 1270. The summed E-state index contributed by atoms with van der Waals surface area (Å²) in [6.07, 6.45) is -3.86. The number of ether oxygens (including phenoxy) is 1. The first-order chi connectivity index (χ1) is 17.1. The van der Waals surface area contributed by atoms with Crippen molar-refractivity contribution in [1.29, 1.82) is 0 Å². The average Bonchev–Trinajstić information content (AvgIpc) is 3.23. The fourth-order valence-electron chi connectivity index (χ4n) is 3.58. The van der Waals surface area contributed by atoms with E-state index in [-0.39, 0.29) is 28.1 Å². The first-order valence-electron chi connectivity index (χ1n) is 10.7. The van der Waals surface area contributed by atoms with Gasteiger partial charge in [0.1, 0.15) is 5.82 Å². The maximum Gasteiger partial charge on any atom is 0.435 e. The van der Waals surface area contributed by atoms with Gasteiger partial charge in [0.15, 0.2) is 11.5 Å². The van der Waals surface area contributed by atoms with Crippen molar-refractivity contribution < 1.29 is 27.1 Å². The number of hydrogen-bond acceptors (Lipinski definition) is 4. The minimum Gasteiger partial charge on any atom is -0.381 e. The molecule has 0 unspecified atom stereocenters. The molecule has 190 valence electrons. The van der Waals surface area contributed by atoms with Gasteiger partial charge in [-0.3, -0.25) is 10.1 Å². The van der Waals surface area contributed by atoms with Gasteiger partial charge in [-0.15, -0.1) is 0 Å². The van der Waals surface area contributed by atoms with E-state index in [9.17, 15) is 22.4 Å². The van der Waals surface area contributed by atoms with Crippen molar-refractivity contribution in [2.24, 2.45) is 4.99 Å². The molecule has 1 aliphatic rings. The molecule has 1 saturated heterocycles. The Balaban J connectivity index is 1.75. The van der Waals surface area contributed by atoms with Crippen LogP contribution in [0.15, 0.2) is 53.5 Å². The lowest BCUT2D eigenvalue weighted by atomic mass is 10.1. The third-order valence-corrected chi connectivity index (χ3v) is 5.67. The van der Waals surface area contributed by atoms with Gasteiger partial charge in [-0.2, -0.15) is 23.3 Å². The number of nitrogens with one attached hydrogen (secondary N) is 2. The largest absolute Gasteiger partial charge is 0.435 e. The predicted molar refractivity (Wildman–Crippen MR) is 127 cm³/mol. The van der Waals surface area contributed by atoms with Crippen molar-refractivity contribution in [3.63, 3.8) is 0 Å². The van der Waals surface area contributed by atoms with E-state index in [1.165, 1.54) is 18.2 Å². The van der Waals surface area contributed by atoms with Gasteiger partial charge in [-0.1, -0.05) is 29.3 Å². The molecule has 7 nitrogen and oxygen atoms in total. The highest BCUT2D eigenvalue weighted by molar-refractivity contribution is 6.31. The van der Waals surface area contributed by atoms with E-state index in [4.69, 9.17) is 27.9 Å². The Hall–Kier alpha value is -3.15. The minimum atomic E-state index is -4.71. The Morgan fingerprint density at radius 3 is 2.50 bits per heavy atom. The van der Waals surface area contributed by atoms with E-state index in [0.717, 1.165) is 22.9 Å². The lowest BCUT2D eigenvalue weighted by Crippen LogP contribution is -2.36. The molecule has 0 atom stereocenters. The number of anilines is 1. The zero-order chi connectivity index (χ0) is 25.9. The van der Waals surface area contributed by atoms with Gasteiger partial charge in [-0.25, -0.2) is 9.07 Å². The summed E-state index contributed by atoms with van der Waals surface area (Å²) < 4.78 is 60.8. The zero-order valence-electron chi connectivity index (χ0n) is 18.5. The fourth-order valence-corrected chi connectivity index (χ4v) is 3.99. The molecule has 2 N–H and O–H groups in total. The van der Waals surface area contributed by atoms with E-state index in [1.54, 1.807) is 12.1 Å². The van der Waals surface area contributed by atoms with Crippen molar-refractivity contribution in [1.82, 2.24) is 15.1 Å². The van der Waals surface area contributed by atoms with Crippen LogP contribution in [-0.2, 0) is 10.9 Å². The number of nitrogens with zero attached hydrogens (tertiary/aromatic N) is 3. The third kappa shape index (κ3) is 6.54. The van der Waals surface area contributed by atoms with Gasteiger partial charge >= 0.3 is 6.18 Å². The number of guanidine groups is 1. The molecule has 1 amide bonds. The summed E-state index contributed by atoms with van der Waals surface area (Å²) in [7, 11) is 0. The van der Waals surface area contributed by atoms with Crippen molar-refractivity contribution >= 4 is 46.6 Å². The molecule has 2 heterocycles. The average molecular weight is 544 g/mol. The normalized spacial score (nSPS) is 15.1. The standard InChI is InChI=1S/C23H19Cl2F4N5O2/c24-14-3-1-2-13(8-14)21(35)32-22(30-17-10-15(25)9-16(26)11-17)31-20-12-19(23(27,28)29)33-34(20)18-4-6-36-7-5-18/h1-3,8-12,18H,4-7H2,(H2,30,31,32,35). The molecule has 36 heavy (non-hydrogen) atoms. The second-order valence-corrected chi connectivity index (χ2v) is 8.75. The summed E-state index contributed by atoms with van der Waals surface area (Å²) in [5, 5.41) is 9.32. The maximum atomic E-state index is 13.9. The molecule has 2 aromatic carbocycles. The van der Waals surface area contributed by atoms with Gasteiger partial charge < -0.3 is 10.1 Å². The molecular weight excluding hydrogens is 525 g/mol. The molecule has 1 aromatic heterocycles. The van der Waals surface area contributed by atoms with Gasteiger partial charge in [-0.05, 0) is 49.2 Å². The fraction of sp³-hybridized carbons (Fsp3) is 0.261. The number of carbonyl (C=O) groups excluding carboxylic acids is 1. The zero-order valence-corrected chi connectivity index (χ0v) is 20.0. The van der Waals surface area contributed by atoms with Crippen LogP contribution in [0.4, 0.5) is 29.1 Å². The smallest absolute Gasteiger partial charge is 0.381 e. The van der Waals surface area contributed by atoms with Gasteiger partial charge in [0.2, 0.25) is 5.96 Å². The van der Waals surface area contributed by atoms with E-state index >= 15 is 0 Å². The van der Waals surface area contributed by atoms with Crippen LogP contribution in [0, 0.1) is 5.82 Å². The Labute approximate surface area is 213 Å². The summed E-state index contributed by atoms with van der Waals surface area (Å²) in [5.74, 6) is -1.76. The van der Waals surface area contributed by atoms with Gasteiger partial charge in [0.25, 0.3) is 5.91 Å². The number of hydrogen-bond donors (Lipinski definition) is 2. The van der Waals surface area contributed by atoms with Crippen LogP contribution in [0.1, 0.15) is 34.9 Å². The summed E-state index contributed by atoms with van der Waals surface area (Å²) in [6.45, 7) is 0.709.